The number of benzene rings is 1. The Morgan fingerprint density at radius 3 is 2.57 bits per heavy atom. The van der Waals surface area contributed by atoms with Crippen LogP contribution in [0.2, 0.25) is 0 Å². The highest BCUT2D eigenvalue weighted by molar-refractivity contribution is 5.73. The minimum Gasteiger partial charge on any atom is -0.507 e. The van der Waals surface area contributed by atoms with Gasteiger partial charge in [-0.15, -0.1) is 10.2 Å². The van der Waals surface area contributed by atoms with E-state index in [2.05, 4.69) is 30.4 Å². The Labute approximate surface area is 215 Å². The summed E-state index contributed by atoms with van der Waals surface area (Å²) in [5, 5.41) is 23.0. The molecule has 3 fully saturated rings. The lowest BCUT2D eigenvalue weighted by molar-refractivity contribution is 0.104. The number of pyridine rings is 1. The number of nitrogens with one attached hydrogen (secondary N) is 1. The molecule has 2 N–H and O–H groups in total. The second kappa shape index (κ2) is 9.74. The van der Waals surface area contributed by atoms with Crippen LogP contribution in [0.15, 0.2) is 36.7 Å². The number of aromatic nitrogens is 4. The zero-order valence-electron chi connectivity index (χ0n) is 21.0. The molecule has 4 atom stereocenters. The summed E-state index contributed by atoms with van der Waals surface area (Å²) in [7, 11) is 3.08. The molecule has 2 bridgehead atoms. The van der Waals surface area contributed by atoms with Crippen LogP contribution in [0.25, 0.3) is 22.5 Å². The van der Waals surface area contributed by atoms with Crippen molar-refractivity contribution in [3.8, 4) is 39.9 Å². The Balaban J connectivity index is 1.25. The van der Waals surface area contributed by atoms with Gasteiger partial charge >= 0.3 is 0 Å². The van der Waals surface area contributed by atoms with Crippen LogP contribution in [-0.4, -0.2) is 69.8 Å². The zero-order valence-corrected chi connectivity index (χ0v) is 21.0. The number of anilines is 1. The van der Waals surface area contributed by atoms with E-state index in [9.17, 15) is 5.11 Å². The summed E-state index contributed by atoms with van der Waals surface area (Å²) >= 11 is 0. The lowest BCUT2D eigenvalue weighted by atomic mass is 9.82. The molecule has 0 unspecified atom stereocenters. The van der Waals surface area contributed by atoms with E-state index >= 15 is 4.39 Å². The SMILES string of the molecule is COc1cc(-c2ccc(-c3ncc(N(C4CC4)[C@H]4C[C@@H]5CCC[C@@H](N5)[C@H]4F)nn3)c(O)c2)cnc1OC. The summed E-state index contributed by atoms with van der Waals surface area (Å²) in [6.45, 7) is 0. The van der Waals surface area contributed by atoms with Crippen molar-refractivity contribution in [1.82, 2.24) is 25.5 Å². The van der Waals surface area contributed by atoms with Crippen LogP contribution in [0, 0.1) is 0 Å². The molecule has 2 saturated heterocycles. The highest BCUT2D eigenvalue weighted by atomic mass is 19.1. The minimum absolute atomic E-state index is 0.0240. The van der Waals surface area contributed by atoms with Crippen LogP contribution in [0.3, 0.4) is 0 Å². The van der Waals surface area contributed by atoms with Crippen molar-refractivity contribution in [3.63, 3.8) is 0 Å². The van der Waals surface area contributed by atoms with E-state index in [1.165, 1.54) is 7.11 Å². The first-order valence-corrected chi connectivity index (χ1v) is 12.9. The van der Waals surface area contributed by atoms with Crippen molar-refractivity contribution >= 4 is 5.82 Å². The minimum atomic E-state index is -0.943. The highest BCUT2D eigenvalue weighted by Crippen LogP contribution is 2.40. The molecule has 1 saturated carbocycles. The van der Waals surface area contributed by atoms with Crippen LogP contribution in [-0.2, 0) is 0 Å². The lowest BCUT2D eigenvalue weighted by Gasteiger charge is -2.47. The molecule has 9 nitrogen and oxygen atoms in total. The van der Waals surface area contributed by atoms with E-state index in [0.717, 1.165) is 49.7 Å². The van der Waals surface area contributed by atoms with Crippen molar-refractivity contribution < 1.29 is 19.0 Å². The molecule has 2 aromatic heterocycles. The van der Waals surface area contributed by atoms with Gasteiger partial charge < -0.3 is 24.8 Å². The fourth-order valence-electron chi connectivity index (χ4n) is 5.73. The molecule has 194 valence electrons. The predicted octanol–water partition coefficient (Wildman–Crippen LogP) is 3.91. The number of phenols is 1. The summed E-state index contributed by atoms with van der Waals surface area (Å²) in [6, 6.07) is 7.37. The van der Waals surface area contributed by atoms with Crippen molar-refractivity contribution in [2.75, 3.05) is 19.1 Å². The number of fused-ring (bicyclic) bond motifs is 2. The summed E-state index contributed by atoms with van der Waals surface area (Å²) in [6.07, 6.45) is 8.26. The fourth-order valence-corrected chi connectivity index (χ4v) is 5.73. The van der Waals surface area contributed by atoms with E-state index in [1.54, 1.807) is 37.7 Å². The molecule has 1 aliphatic carbocycles. The van der Waals surface area contributed by atoms with Crippen LogP contribution >= 0.6 is 0 Å². The number of ether oxygens (including phenoxy) is 2. The number of aromatic hydroxyl groups is 1. The number of methoxy groups -OCH3 is 2. The van der Waals surface area contributed by atoms with Crippen molar-refractivity contribution in [1.29, 1.82) is 0 Å². The average molecular weight is 507 g/mol. The lowest BCUT2D eigenvalue weighted by Crippen LogP contribution is -2.62. The zero-order chi connectivity index (χ0) is 25.5. The molecule has 3 aromatic rings. The molecule has 0 spiro atoms. The standard InChI is InChI=1S/C27H31FN6O3/c1-36-23-11-16(13-30-27(23)37-2)15-6-9-19(22(35)10-15)26-29-14-24(32-33-26)34(18-7-8-18)21-12-17-4-3-5-20(31-17)25(21)28/h6,9-11,13-14,17-18,20-21,25,31,35H,3-5,7-8,12H2,1-2H3/t17-,20+,21-,25+/m0/s1. The molecule has 1 aromatic carbocycles. The Morgan fingerprint density at radius 2 is 1.86 bits per heavy atom. The van der Waals surface area contributed by atoms with Gasteiger partial charge in [0, 0.05) is 29.9 Å². The number of nitrogens with zero attached hydrogens (tertiary/aromatic N) is 5. The Kier molecular flexibility index (Phi) is 6.27. The highest BCUT2D eigenvalue weighted by Gasteiger charge is 2.46. The van der Waals surface area contributed by atoms with Crippen molar-refractivity contribution in [2.45, 2.75) is 68.9 Å². The van der Waals surface area contributed by atoms with E-state index < -0.39 is 6.17 Å². The molecule has 0 radical (unpaired) electrons. The van der Waals surface area contributed by atoms with E-state index in [-0.39, 0.29) is 23.9 Å². The number of halogens is 1. The number of alkyl halides is 1. The molecular formula is C27H31FN6O3. The van der Waals surface area contributed by atoms with Gasteiger partial charge in [0.15, 0.2) is 17.4 Å². The maximum Gasteiger partial charge on any atom is 0.256 e. The Hall–Kier alpha value is -3.53. The largest absolute Gasteiger partial charge is 0.507 e. The van der Waals surface area contributed by atoms with Gasteiger partial charge in [-0.3, -0.25) is 0 Å². The molecule has 37 heavy (non-hydrogen) atoms. The normalized spacial score (nSPS) is 24.9. The van der Waals surface area contributed by atoms with Crippen LogP contribution in [0.1, 0.15) is 38.5 Å². The van der Waals surface area contributed by atoms with Gasteiger partial charge in [0.2, 0.25) is 0 Å². The first-order chi connectivity index (χ1) is 18.1. The van der Waals surface area contributed by atoms with E-state index in [4.69, 9.17) is 9.47 Å². The molecule has 6 rings (SSSR count). The molecule has 3 aliphatic rings. The fraction of sp³-hybridized carbons (Fsp3) is 0.481. The second-order valence-corrected chi connectivity index (χ2v) is 10.1. The van der Waals surface area contributed by atoms with Crippen LogP contribution in [0.5, 0.6) is 17.4 Å². The maximum atomic E-state index is 15.5. The quantitative estimate of drug-likeness (QED) is 0.493. The van der Waals surface area contributed by atoms with Gasteiger partial charge in [-0.2, -0.15) is 0 Å². The van der Waals surface area contributed by atoms with Crippen LogP contribution < -0.4 is 19.7 Å². The molecule has 2 aliphatic heterocycles. The predicted molar refractivity (Wildman–Crippen MR) is 137 cm³/mol. The molecule has 10 heteroatoms. The monoisotopic (exact) mass is 506 g/mol. The summed E-state index contributed by atoms with van der Waals surface area (Å²) in [5.41, 5.74) is 1.99. The average Bonchev–Trinajstić information content (AvgIpc) is 3.77. The van der Waals surface area contributed by atoms with Gasteiger partial charge in [0.05, 0.1) is 32.0 Å². The van der Waals surface area contributed by atoms with Crippen molar-refractivity contribution in [3.05, 3.63) is 36.7 Å². The Morgan fingerprint density at radius 1 is 1.00 bits per heavy atom. The molecule has 4 heterocycles. The van der Waals surface area contributed by atoms with E-state index in [0.29, 0.717) is 34.9 Å². The first-order valence-electron chi connectivity index (χ1n) is 12.9. The third-order valence-corrected chi connectivity index (χ3v) is 7.71. The summed E-state index contributed by atoms with van der Waals surface area (Å²) < 4.78 is 26.0. The number of hydrogen-bond donors (Lipinski definition) is 2. The van der Waals surface area contributed by atoms with Gasteiger partial charge in [-0.25, -0.2) is 14.4 Å². The van der Waals surface area contributed by atoms with Gasteiger partial charge in [-0.1, -0.05) is 12.5 Å². The maximum absolute atomic E-state index is 15.5. The van der Waals surface area contributed by atoms with Gasteiger partial charge in [0.25, 0.3) is 5.88 Å². The van der Waals surface area contributed by atoms with Crippen molar-refractivity contribution in [2.24, 2.45) is 0 Å². The topological polar surface area (TPSA) is 106 Å². The molecule has 0 amide bonds. The van der Waals surface area contributed by atoms with E-state index in [1.807, 2.05) is 6.07 Å². The molecular weight excluding hydrogens is 475 g/mol. The van der Waals surface area contributed by atoms with Gasteiger partial charge in [0.1, 0.15) is 11.9 Å². The Bertz CT molecular complexity index is 1270. The summed E-state index contributed by atoms with van der Waals surface area (Å²) in [5.74, 6) is 1.83. The number of piperidine rings is 2. The second-order valence-electron chi connectivity index (χ2n) is 10.1. The number of phenolic OH excluding ortho intramolecular Hbond substituents is 1. The smallest absolute Gasteiger partial charge is 0.256 e. The first kappa shape index (κ1) is 23.8. The third kappa shape index (κ3) is 4.54. The number of hydrogen-bond acceptors (Lipinski definition) is 9. The summed E-state index contributed by atoms with van der Waals surface area (Å²) in [4.78, 5) is 10.9. The third-order valence-electron chi connectivity index (χ3n) is 7.71. The van der Waals surface area contributed by atoms with Crippen LogP contribution in [0.4, 0.5) is 10.2 Å². The number of rotatable bonds is 7. The van der Waals surface area contributed by atoms with Gasteiger partial charge in [-0.05, 0) is 55.9 Å².